The normalized spacial score (nSPS) is 14.7. The summed E-state index contributed by atoms with van der Waals surface area (Å²) in [7, 11) is 0. The highest BCUT2D eigenvalue weighted by molar-refractivity contribution is 9.10. The molecule has 0 aromatic heterocycles. The Morgan fingerprint density at radius 2 is 1.76 bits per heavy atom. The Morgan fingerprint density at radius 1 is 1.06 bits per heavy atom. The predicted octanol–water partition coefficient (Wildman–Crippen LogP) is 6.83. The quantitative estimate of drug-likeness (QED) is 0.192. The van der Waals surface area contributed by atoms with Crippen LogP contribution in [-0.4, -0.2) is 16.1 Å². The molecule has 1 heterocycles. The number of nitrogens with zero attached hydrogens (tertiary/aromatic N) is 2. The first-order chi connectivity index (χ1) is 15.8. The number of amides is 2. The maximum absolute atomic E-state index is 12.8. The van der Waals surface area contributed by atoms with E-state index in [1.165, 1.54) is 12.1 Å². The average Bonchev–Trinajstić information content (AvgIpc) is 3.07. The van der Waals surface area contributed by atoms with Crippen LogP contribution in [0.3, 0.4) is 0 Å². The number of nitro groups is 1. The fourth-order valence-corrected chi connectivity index (χ4v) is 4.51. The first-order valence-electron chi connectivity index (χ1n) is 9.51. The van der Waals surface area contributed by atoms with Gasteiger partial charge in [0.1, 0.15) is 12.4 Å². The molecule has 3 aromatic rings. The lowest BCUT2D eigenvalue weighted by molar-refractivity contribution is -0.384. The van der Waals surface area contributed by atoms with Crippen molar-refractivity contribution in [1.82, 2.24) is 0 Å². The maximum atomic E-state index is 12.8. The van der Waals surface area contributed by atoms with Gasteiger partial charge in [0.05, 0.1) is 20.0 Å². The maximum Gasteiger partial charge on any atom is 0.298 e. The number of thioether (sulfide) groups is 1. The van der Waals surface area contributed by atoms with Crippen molar-refractivity contribution in [2.24, 2.45) is 0 Å². The minimum absolute atomic E-state index is 0.0183. The first kappa shape index (κ1) is 23.0. The number of rotatable bonds is 6. The molecule has 0 saturated carbocycles. The monoisotopic (exact) mass is 544 g/mol. The number of anilines is 1. The third-order valence-corrected chi connectivity index (χ3v) is 6.42. The lowest BCUT2D eigenvalue weighted by Crippen LogP contribution is -2.27. The molecule has 0 radical (unpaired) electrons. The van der Waals surface area contributed by atoms with Gasteiger partial charge in [-0.15, -0.1) is 0 Å². The zero-order chi connectivity index (χ0) is 23.5. The van der Waals surface area contributed by atoms with Crippen molar-refractivity contribution in [2.45, 2.75) is 6.61 Å². The minimum atomic E-state index is -0.454. The van der Waals surface area contributed by atoms with Gasteiger partial charge in [-0.3, -0.25) is 19.7 Å². The largest absolute Gasteiger partial charge is 0.488 e. The molecule has 3 aromatic carbocycles. The van der Waals surface area contributed by atoms with Crippen molar-refractivity contribution in [3.05, 3.63) is 102 Å². The predicted molar refractivity (Wildman–Crippen MR) is 131 cm³/mol. The second-order valence-electron chi connectivity index (χ2n) is 6.90. The van der Waals surface area contributed by atoms with Crippen LogP contribution in [0, 0.1) is 10.1 Å². The molecule has 0 unspecified atom stereocenters. The van der Waals surface area contributed by atoms with E-state index in [9.17, 15) is 19.7 Å². The Labute approximate surface area is 206 Å². The third-order valence-electron chi connectivity index (χ3n) is 4.67. The number of benzene rings is 3. The summed E-state index contributed by atoms with van der Waals surface area (Å²) in [6.45, 7) is 0.232. The Hall–Kier alpha value is -3.14. The van der Waals surface area contributed by atoms with Gasteiger partial charge in [0, 0.05) is 17.2 Å². The van der Waals surface area contributed by atoms with Crippen LogP contribution in [0.2, 0.25) is 5.02 Å². The van der Waals surface area contributed by atoms with Gasteiger partial charge in [0.15, 0.2) is 0 Å². The van der Waals surface area contributed by atoms with E-state index in [1.54, 1.807) is 60.7 Å². The smallest absolute Gasteiger partial charge is 0.298 e. The number of imide groups is 1. The molecule has 1 aliphatic rings. The number of carbonyl (C=O) groups is 2. The number of halogens is 2. The Morgan fingerprint density at radius 3 is 2.39 bits per heavy atom. The fourth-order valence-electron chi connectivity index (χ4n) is 3.03. The zero-order valence-corrected chi connectivity index (χ0v) is 19.9. The van der Waals surface area contributed by atoms with Crippen LogP contribution in [-0.2, 0) is 11.4 Å². The van der Waals surface area contributed by atoms with E-state index in [-0.39, 0.29) is 17.5 Å². The number of ether oxygens (including phenoxy) is 1. The molecule has 4 rings (SSSR count). The van der Waals surface area contributed by atoms with Crippen molar-refractivity contribution in [1.29, 1.82) is 0 Å². The Kier molecular flexibility index (Phi) is 6.83. The summed E-state index contributed by atoms with van der Waals surface area (Å²) in [5.74, 6) is 0.168. The van der Waals surface area contributed by atoms with E-state index in [2.05, 4.69) is 15.9 Å². The summed E-state index contributed by atoms with van der Waals surface area (Å²) in [6, 6.07) is 17.9. The summed E-state index contributed by atoms with van der Waals surface area (Å²) in [5.41, 5.74) is 1.98. The summed E-state index contributed by atoms with van der Waals surface area (Å²) in [5, 5.41) is 10.9. The van der Waals surface area contributed by atoms with Crippen LogP contribution in [0.4, 0.5) is 16.2 Å². The Bertz CT molecular complexity index is 1280. The molecular weight excluding hydrogens is 532 g/mol. The molecule has 33 heavy (non-hydrogen) atoms. The van der Waals surface area contributed by atoms with Crippen LogP contribution in [0.5, 0.6) is 5.75 Å². The highest BCUT2D eigenvalue weighted by Crippen LogP contribution is 2.37. The third kappa shape index (κ3) is 5.27. The van der Waals surface area contributed by atoms with E-state index in [4.69, 9.17) is 16.3 Å². The Balaban J connectivity index is 1.46. The van der Waals surface area contributed by atoms with Crippen molar-refractivity contribution in [2.75, 3.05) is 4.90 Å². The van der Waals surface area contributed by atoms with Gasteiger partial charge in [0.2, 0.25) is 0 Å². The second kappa shape index (κ2) is 9.78. The lowest BCUT2D eigenvalue weighted by Gasteiger charge is -2.12. The van der Waals surface area contributed by atoms with Crippen LogP contribution < -0.4 is 9.64 Å². The van der Waals surface area contributed by atoms with Crippen molar-refractivity contribution in [3.8, 4) is 5.75 Å². The molecule has 1 fully saturated rings. The van der Waals surface area contributed by atoms with E-state index < -0.39 is 10.8 Å². The molecular formula is C23H14BrClN2O5S. The zero-order valence-electron chi connectivity index (χ0n) is 16.7. The lowest BCUT2D eigenvalue weighted by atomic mass is 10.2. The molecule has 0 spiro atoms. The number of hydrogen-bond donors (Lipinski definition) is 0. The number of non-ortho nitro benzene ring substituents is 1. The molecule has 7 nitrogen and oxygen atoms in total. The molecule has 0 N–H and O–H groups in total. The van der Waals surface area contributed by atoms with Gasteiger partial charge in [-0.1, -0.05) is 17.7 Å². The van der Waals surface area contributed by atoms with Gasteiger partial charge < -0.3 is 4.74 Å². The fraction of sp³-hybridized carbons (Fsp3) is 0.0435. The minimum Gasteiger partial charge on any atom is -0.488 e. The molecule has 1 saturated heterocycles. The molecule has 10 heteroatoms. The van der Waals surface area contributed by atoms with Gasteiger partial charge in [-0.05, 0) is 93.4 Å². The van der Waals surface area contributed by atoms with Gasteiger partial charge in [0.25, 0.3) is 16.8 Å². The first-order valence-corrected chi connectivity index (χ1v) is 11.5. The number of nitro benzene ring substituents is 1. The van der Waals surface area contributed by atoms with E-state index >= 15 is 0 Å². The topological polar surface area (TPSA) is 89.7 Å². The number of carbonyl (C=O) groups excluding carboxylic acids is 2. The van der Waals surface area contributed by atoms with E-state index in [1.807, 2.05) is 0 Å². The number of hydrogen-bond acceptors (Lipinski definition) is 6. The highest BCUT2D eigenvalue weighted by atomic mass is 79.9. The average molecular weight is 546 g/mol. The standard InChI is InChI=1S/C23H14BrClN2O5S/c24-19-11-15(3-10-20(19)32-13-14-1-6-18(7-2-14)27(30)31)12-21-22(28)26(23(29)33-21)17-8-4-16(25)5-9-17/h1-12H,13H2/b21-12+. The van der Waals surface area contributed by atoms with Crippen molar-refractivity contribution >= 4 is 67.9 Å². The molecule has 0 atom stereocenters. The van der Waals surface area contributed by atoms with Crippen LogP contribution in [0.1, 0.15) is 11.1 Å². The summed E-state index contributed by atoms with van der Waals surface area (Å²) < 4.78 is 6.45. The van der Waals surface area contributed by atoms with Crippen LogP contribution >= 0.6 is 39.3 Å². The van der Waals surface area contributed by atoms with Crippen molar-refractivity contribution in [3.63, 3.8) is 0 Å². The van der Waals surface area contributed by atoms with Gasteiger partial charge in [-0.25, -0.2) is 4.90 Å². The molecule has 166 valence electrons. The van der Waals surface area contributed by atoms with Gasteiger partial charge in [-0.2, -0.15) is 0 Å². The summed E-state index contributed by atoms with van der Waals surface area (Å²) in [4.78, 5) is 36.9. The summed E-state index contributed by atoms with van der Waals surface area (Å²) >= 11 is 10.2. The SMILES string of the molecule is O=C1S/C(=C/c2ccc(OCc3ccc([N+](=O)[O-])cc3)c(Br)c2)C(=O)N1c1ccc(Cl)cc1. The van der Waals surface area contributed by atoms with Crippen LogP contribution in [0.15, 0.2) is 76.1 Å². The second-order valence-corrected chi connectivity index (χ2v) is 9.18. The van der Waals surface area contributed by atoms with Crippen LogP contribution in [0.25, 0.3) is 6.08 Å². The van der Waals surface area contributed by atoms with Gasteiger partial charge >= 0.3 is 0 Å². The van der Waals surface area contributed by atoms with E-state index in [0.717, 1.165) is 22.2 Å². The molecule has 0 aliphatic carbocycles. The van der Waals surface area contributed by atoms with E-state index in [0.29, 0.717) is 31.4 Å². The van der Waals surface area contributed by atoms with Crippen molar-refractivity contribution < 1.29 is 19.2 Å². The molecule has 2 amide bonds. The summed E-state index contributed by atoms with van der Waals surface area (Å²) in [6.07, 6.45) is 1.64. The molecule has 0 bridgehead atoms. The highest BCUT2D eigenvalue weighted by Gasteiger charge is 2.36. The molecule has 1 aliphatic heterocycles.